The van der Waals surface area contributed by atoms with Crippen LogP contribution in [0.15, 0.2) is 24.4 Å². The van der Waals surface area contributed by atoms with E-state index in [1.165, 1.54) is 6.07 Å². The number of pyridine rings is 1. The molecule has 0 saturated carbocycles. The van der Waals surface area contributed by atoms with E-state index in [2.05, 4.69) is 26.3 Å². The van der Waals surface area contributed by atoms with Gasteiger partial charge in [0.2, 0.25) is 11.8 Å². The maximum atomic E-state index is 12.9. The van der Waals surface area contributed by atoms with Gasteiger partial charge in [-0.25, -0.2) is 4.68 Å². The van der Waals surface area contributed by atoms with Crippen molar-refractivity contribution < 1.29 is 18.3 Å². The number of nitriles is 1. The summed E-state index contributed by atoms with van der Waals surface area (Å²) < 4.78 is 31.0. The summed E-state index contributed by atoms with van der Waals surface area (Å²) in [6.07, 6.45) is 8.66. The molecule has 2 aromatic heterocycles. The van der Waals surface area contributed by atoms with Crippen molar-refractivity contribution in [3.63, 3.8) is 0 Å². The fraction of sp³-hybridized carbons (Fsp3) is 0.524. The summed E-state index contributed by atoms with van der Waals surface area (Å²) in [5.74, 6) is 0.114. The summed E-state index contributed by atoms with van der Waals surface area (Å²) in [7, 11) is 0. The van der Waals surface area contributed by atoms with E-state index < -0.39 is 6.61 Å². The number of aromatic nitrogens is 3. The molecular weight excluding hydrogens is 406 g/mol. The Hall–Kier alpha value is -3.22. The number of nitrogens with one attached hydrogen (secondary N) is 1. The predicted octanol–water partition coefficient (Wildman–Crippen LogP) is 2.18. The monoisotopic (exact) mass is 428 g/mol. The van der Waals surface area contributed by atoms with E-state index in [0.717, 1.165) is 30.5 Å². The van der Waals surface area contributed by atoms with Crippen LogP contribution in [0.3, 0.4) is 0 Å². The summed E-state index contributed by atoms with van der Waals surface area (Å²) in [5.41, 5.74) is 1.89. The van der Waals surface area contributed by atoms with Gasteiger partial charge in [-0.15, -0.1) is 0 Å². The van der Waals surface area contributed by atoms with Crippen molar-refractivity contribution in [1.29, 1.82) is 5.26 Å². The molecule has 2 saturated heterocycles. The zero-order chi connectivity index (χ0) is 21.5. The van der Waals surface area contributed by atoms with Crippen LogP contribution in [0.5, 0.6) is 5.88 Å². The van der Waals surface area contributed by atoms with Crippen molar-refractivity contribution in [2.24, 2.45) is 5.92 Å². The van der Waals surface area contributed by atoms with Gasteiger partial charge in [0.05, 0.1) is 18.3 Å². The molecule has 10 heteroatoms. The van der Waals surface area contributed by atoms with Gasteiger partial charge in [-0.3, -0.25) is 4.79 Å². The zero-order valence-corrected chi connectivity index (χ0v) is 16.7. The van der Waals surface area contributed by atoms with Crippen LogP contribution >= 0.6 is 0 Å². The summed E-state index contributed by atoms with van der Waals surface area (Å²) in [6, 6.07) is 5.06. The third kappa shape index (κ3) is 3.58. The summed E-state index contributed by atoms with van der Waals surface area (Å²) in [6.45, 7) is -2.94. The lowest BCUT2D eigenvalue weighted by Crippen LogP contribution is -2.46. The molecular formula is C21H22F2N6O2. The Labute approximate surface area is 177 Å². The van der Waals surface area contributed by atoms with Crippen LogP contribution in [0.2, 0.25) is 0 Å². The fourth-order valence-corrected chi connectivity index (χ4v) is 5.22. The molecule has 1 N–H and O–H groups in total. The second-order valence-electron chi connectivity index (χ2n) is 8.34. The van der Waals surface area contributed by atoms with Gasteiger partial charge in [-0.05, 0) is 50.2 Å². The molecule has 0 aromatic carbocycles. The third-order valence-corrected chi connectivity index (χ3v) is 6.64. The molecule has 8 nitrogen and oxygen atoms in total. The maximum absolute atomic E-state index is 12.9. The average Bonchev–Trinajstić information content (AvgIpc) is 3.45. The van der Waals surface area contributed by atoms with E-state index >= 15 is 0 Å². The molecule has 1 aliphatic carbocycles. The predicted molar refractivity (Wildman–Crippen MR) is 104 cm³/mol. The zero-order valence-electron chi connectivity index (χ0n) is 16.7. The van der Waals surface area contributed by atoms with Gasteiger partial charge in [0.15, 0.2) is 12.0 Å². The lowest BCUT2D eigenvalue weighted by molar-refractivity contribution is -0.126. The molecule has 0 unspecified atom stereocenters. The number of rotatable bonds is 5. The standard InChI is InChI=1S/C21H22F2N6O2/c22-21(23)31-19-3-1-2-18(27-19)29-16-6-4-12(8-13(16)10-25-29)20(30)26-15-9-14-5-7-17(15)28(14)11-24/h1-3,10,12,14-15,17,21H,4-9H2,(H,26,30)/t12-,14+,15-,17-/m1/s1. The van der Waals surface area contributed by atoms with Gasteiger partial charge in [0, 0.05) is 23.7 Å². The Bertz CT molecular complexity index is 1040. The van der Waals surface area contributed by atoms with Gasteiger partial charge < -0.3 is 15.0 Å². The number of nitrogens with zero attached hydrogens (tertiary/aromatic N) is 5. The Balaban J connectivity index is 1.27. The maximum Gasteiger partial charge on any atom is 0.388 e. The van der Waals surface area contributed by atoms with Gasteiger partial charge in [0.1, 0.15) is 0 Å². The van der Waals surface area contributed by atoms with Crippen LogP contribution < -0.4 is 10.1 Å². The lowest BCUT2D eigenvalue weighted by atomic mass is 9.86. The Morgan fingerprint density at radius 2 is 2.19 bits per heavy atom. The van der Waals surface area contributed by atoms with Crippen LogP contribution in [0.1, 0.15) is 36.9 Å². The minimum Gasteiger partial charge on any atom is -0.417 e. The lowest BCUT2D eigenvalue weighted by Gasteiger charge is -2.27. The minimum absolute atomic E-state index is 0.0271. The third-order valence-electron chi connectivity index (χ3n) is 6.64. The number of fused-ring (bicyclic) bond motifs is 3. The minimum atomic E-state index is -2.94. The molecule has 2 fully saturated rings. The van der Waals surface area contributed by atoms with Crippen LogP contribution in [0, 0.1) is 17.4 Å². The Morgan fingerprint density at radius 1 is 1.32 bits per heavy atom. The van der Waals surface area contributed by atoms with E-state index in [1.807, 2.05) is 4.90 Å². The van der Waals surface area contributed by atoms with Crippen molar-refractivity contribution in [2.75, 3.05) is 0 Å². The second-order valence-corrected chi connectivity index (χ2v) is 8.34. The van der Waals surface area contributed by atoms with Crippen LogP contribution in [-0.2, 0) is 17.6 Å². The van der Waals surface area contributed by atoms with Crippen molar-refractivity contribution in [3.05, 3.63) is 35.7 Å². The molecule has 0 spiro atoms. The molecule has 4 atom stereocenters. The highest BCUT2D eigenvalue weighted by molar-refractivity contribution is 5.79. The molecule has 4 heterocycles. The number of ether oxygens (including phenoxy) is 1. The normalized spacial score (nSPS) is 26.6. The largest absolute Gasteiger partial charge is 0.417 e. The first-order valence-corrected chi connectivity index (χ1v) is 10.5. The topological polar surface area (TPSA) is 96.1 Å². The van der Waals surface area contributed by atoms with Gasteiger partial charge in [0.25, 0.3) is 0 Å². The van der Waals surface area contributed by atoms with E-state index in [4.69, 9.17) is 0 Å². The highest BCUT2D eigenvalue weighted by atomic mass is 19.3. The Morgan fingerprint density at radius 3 is 2.97 bits per heavy atom. The number of carbonyl (C=O) groups is 1. The number of hydrogen-bond acceptors (Lipinski definition) is 6. The molecule has 31 heavy (non-hydrogen) atoms. The van der Waals surface area contributed by atoms with Crippen LogP contribution in [-0.4, -0.2) is 50.3 Å². The van der Waals surface area contributed by atoms with Gasteiger partial charge in [-0.1, -0.05) is 6.07 Å². The van der Waals surface area contributed by atoms with Gasteiger partial charge in [-0.2, -0.15) is 24.1 Å². The fourth-order valence-electron chi connectivity index (χ4n) is 5.22. The first-order chi connectivity index (χ1) is 15.0. The van der Waals surface area contributed by atoms with E-state index in [9.17, 15) is 18.8 Å². The van der Waals surface area contributed by atoms with Crippen molar-refractivity contribution >= 4 is 5.91 Å². The molecule has 162 valence electrons. The number of halogens is 2. The molecule has 5 rings (SSSR count). The van der Waals surface area contributed by atoms with Crippen molar-refractivity contribution in [3.8, 4) is 17.9 Å². The Kier molecular flexibility index (Phi) is 4.96. The first kappa shape index (κ1) is 19.7. The first-order valence-electron chi connectivity index (χ1n) is 10.5. The van der Waals surface area contributed by atoms with E-state index in [0.29, 0.717) is 25.1 Å². The molecule has 2 aromatic rings. The highest BCUT2D eigenvalue weighted by Gasteiger charge is 2.47. The van der Waals surface area contributed by atoms with Crippen molar-refractivity contribution in [1.82, 2.24) is 25.0 Å². The van der Waals surface area contributed by atoms with Gasteiger partial charge >= 0.3 is 6.61 Å². The average molecular weight is 428 g/mol. The smallest absolute Gasteiger partial charge is 0.388 e. The van der Waals surface area contributed by atoms with Crippen LogP contribution in [0.4, 0.5) is 8.78 Å². The van der Waals surface area contributed by atoms with Crippen LogP contribution in [0.25, 0.3) is 5.82 Å². The molecule has 2 aliphatic heterocycles. The number of hydrogen-bond donors (Lipinski definition) is 1. The number of carbonyl (C=O) groups excluding carboxylic acids is 1. The second kappa shape index (κ2) is 7.80. The molecule has 3 aliphatic rings. The van der Waals surface area contributed by atoms with E-state index in [-0.39, 0.29) is 35.8 Å². The molecule has 0 radical (unpaired) electrons. The summed E-state index contributed by atoms with van der Waals surface area (Å²) >= 11 is 0. The SMILES string of the molecule is N#CN1[C@H]2CC[C@@H]1[C@H](NC(=O)[C@@H]1CCc3c(cnn3-c3cccc(OC(F)F)n3)C1)C2. The van der Waals surface area contributed by atoms with Crippen molar-refractivity contribution in [2.45, 2.75) is 63.3 Å². The highest BCUT2D eigenvalue weighted by Crippen LogP contribution is 2.37. The summed E-state index contributed by atoms with van der Waals surface area (Å²) in [4.78, 5) is 18.9. The number of amides is 1. The summed E-state index contributed by atoms with van der Waals surface area (Å²) in [5, 5.41) is 16.9. The van der Waals surface area contributed by atoms with E-state index in [1.54, 1.807) is 23.0 Å². The molecule has 2 bridgehead atoms. The quantitative estimate of drug-likeness (QED) is 0.734. The molecule has 1 amide bonds. The number of alkyl halides is 2.